The van der Waals surface area contributed by atoms with Gasteiger partial charge in [-0.1, -0.05) is 0 Å². The Labute approximate surface area is 44.6 Å². The third kappa shape index (κ3) is 13.8. The topological polar surface area (TPSA) is 35.0 Å². The van der Waals surface area contributed by atoms with E-state index in [1.165, 1.54) is 0 Å². The van der Waals surface area contributed by atoms with Gasteiger partial charge >= 0.3 is 0 Å². The molecule has 0 aromatic carbocycles. The summed E-state index contributed by atoms with van der Waals surface area (Å²) in [7, 11) is 0. The largest absolute Gasteiger partial charge is 0.344 e. The molecule has 0 heterocycles. The first-order chi connectivity index (χ1) is 0. The van der Waals surface area contributed by atoms with Crippen LogP contribution in [0, 0.1) is 0 Å². The Morgan fingerprint density at radius 3 is 1.00 bits per heavy atom. The third-order valence-electron chi connectivity index (χ3n) is 0. The third-order valence-corrected chi connectivity index (χ3v) is 0. The molecule has 0 saturated carbocycles. The van der Waals surface area contributed by atoms with Crippen LogP contribution in [0.25, 0.3) is 0 Å². The van der Waals surface area contributed by atoms with Gasteiger partial charge in [-0.3, -0.25) is 0 Å². The zero-order valence-corrected chi connectivity index (χ0v) is 2.55. The summed E-state index contributed by atoms with van der Waals surface area (Å²) in [6.07, 6.45) is 0. The maximum atomic E-state index is 0. The summed E-state index contributed by atoms with van der Waals surface area (Å²) in [4.78, 5) is 0. The molecule has 0 aliphatic rings. The van der Waals surface area contributed by atoms with Crippen LogP contribution in [-0.2, 0) is 18.6 Å². The second-order valence-corrected chi connectivity index (χ2v) is 0. The van der Waals surface area contributed by atoms with Crippen LogP contribution in [0.15, 0.2) is 0 Å². The molecule has 4 heavy (non-hydrogen) atoms. The van der Waals surface area contributed by atoms with Gasteiger partial charge in [-0.2, -0.15) is 0 Å². The fourth-order valence-electron chi connectivity index (χ4n) is 0. The van der Waals surface area contributed by atoms with Crippen molar-refractivity contribution in [3.63, 3.8) is 0 Å². The van der Waals surface area contributed by atoms with Gasteiger partial charge in [0, 0.05) is 18.6 Å². The molecule has 0 aliphatic carbocycles. The second-order valence-electron chi connectivity index (χ2n) is 0. The van der Waals surface area contributed by atoms with Crippen molar-refractivity contribution < 1.29 is 18.6 Å². The summed E-state index contributed by atoms with van der Waals surface area (Å²) >= 11 is 0. The Morgan fingerprint density at radius 1 is 1.00 bits per heavy atom. The molecule has 0 aromatic heterocycles. The summed E-state index contributed by atoms with van der Waals surface area (Å²) in [6, 6.07) is 0. The average molecular weight is 114 g/mol. The Kier molecular flexibility index (Phi) is 1160. The molecular formula is H10BNSiV. The predicted molar refractivity (Wildman–Crippen MR) is 26.3 cm³/mol. The van der Waals surface area contributed by atoms with E-state index in [0.29, 0.717) is 0 Å². The Bertz CT molecular complexity index is 8.00. The molecule has 0 fully saturated rings. The van der Waals surface area contributed by atoms with Gasteiger partial charge in [-0.25, -0.2) is 0 Å². The van der Waals surface area contributed by atoms with Gasteiger partial charge in [0.2, 0.25) is 0 Å². The van der Waals surface area contributed by atoms with Crippen molar-refractivity contribution in [1.82, 2.24) is 6.15 Å². The molecule has 4 heteroatoms. The van der Waals surface area contributed by atoms with Gasteiger partial charge in [0.1, 0.15) is 0 Å². The first-order valence-electron chi connectivity index (χ1n) is 0. The summed E-state index contributed by atoms with van der Waals surface area (Å²) in [5, 5.41) is 0. The van der Waals surface area contributed by atoms with Gasteiger partial charge in [0.25, 0.3) is 0 Å². The molecule has 0 saturated heterocycles. The van der Waals surface area contributed by atoms with Crippen molar-refractivity contribution in [3.05, 3.63) is 0 Å². The SMILES string of the molecule is B.N.[SiH4].[V]. The molecule has 0 amide bonds. The Hall–Kier alpha value is 0.826. The van der Waals surface area contributed by atoms with Crippen LogP contribution in [0.5, 0.6) is 0 Å². The molecular weight excluding hydrogens is 104 g/mol. The van der Waals surface area contributed by atoms with Crippen LogP contribution in [0.3, 0.4) is 0 Å². The zero-order chi connectivity index (χ0) is 0. The van der Waals surface area contributed by atoms with E-state index in [1.807, 2.05) is 0 Å². The fourth-order valence-corrected chi connectivity index (χ4v) is 0. The van der Waals surface area contributed by atoms with E-state index in [-0.39, 0.29) is 44.1 Å². The number of hydrogen-bond acceptors (Lipinski definition) is 1. The summed E-state index contributed by atoms with van der Waals surface area (Å²) in [6.45, 7) is 0. The monoisotopic (exact) mass is 114 g/mol. The zero-order valence-electron chi connectivity index (χ0n) is 1.15. The van der Waals surface area contributed by atoms with Crippen molar-refractivity contribution in [3.8, 4) is 0 Å². The van der Waals surface area contributed by atoms with Crippen molar-refractivity contribution in [2.45, 2.75) is 0 Å². The number of hydrogen-bond donors (Lipinski definition) is 1. The molecule has 27 valence electrons. The molecule has 0 unspecified atom stereocenters. The minimum Gasteiger partial charge on any atom is -0.344 e. The quantitative estimate of drug-likeness (QED) is 0.348. The van der Waals surface area contributed by atoms with E-state index in [4.69, 9.17) is 0 Å². The summed E-state index contributed by atoms with van der Waals surface area (Å²) in [5.74, 6) is 0. The molecule has 1 radical (unpaired) electrons. The van der Waals surface area contributed by atoms with Crippen LogP contribution < -0.4 is 6.15 Å². The molecule has 0 bridgehead atoms. The molecule has 0 atom stereocenters. The van der Waals surface area contributed by atoms with Crippen LogP contribution >= 0.6 is 0 Å². The maximum absolute atomic E-state index is 0. The molecule has 0 aliphatic heterocycles. The second kappa shape index (κ2) is 44.8. The van der Waals surface area contributed by atoms with Crippen LogP contribution in [0.1, 0.15) is 0 Å². The Balaban J connectivity index is 0. The minimum absolute atomic E-state index is 0. The number of rotatable bonds is 0. The molecule has 0 aromatic rings. The molecule has 1 nitrogen and oxygen atoms in total. The van der Waals surface area contributed by atoms with Gasteiger partial charge < -0.3 is 6.15 Å². The predicted octanol–water partition coefficient (Wildman–Crippen LogP) is -2.48. The summed E-state index contributed by atoms with van der Waals surface area (Å²) < 4.78 is 0. The van der Waals surface area contributed by atoms with Crippen molar-refractivity contribution in [2.24, 2.45) is 0 Å². The smallest absolute Gasteiger partial charge is 0.0814 e. The summed E-state index contributed by atoms with van der Waals surface area (Å²) in [5.41, 5.74) is 0. The van der Waals surface area contributed by atoms with Crippen LogP contribution in [0.4, 0.5) is 0 Å². The standard InChI is InChI=1S/BH3.H3N.H4Si.V/h2*1H3;1H4;. The molecule has 0 spiro atoms. The van der Waals surface area contributed by atoms with Gasteiger partial charge in [0.05, 0.1) is 8.41 Å². The average Bonchev–Trinajstić information content (AvgIpc) is 0. The van der Waals surface area contributed by atoms with Gasteiger partial charge in [0.15, 0.2) is 0 Å². The van der Waals surface area contributed by atoms with Crippen molar-refractivity contribution in [1.29, 1.82) is 0 Å². The van der Waals surface area contributed by atoms with E-state index >= 15 is 0 Å². The van der Waals surface area contributed by atoms with E-state index in [1.54, 1.807) is 0 Å². The van der Waals surface area contributed by atoms with Crippen LogP contribution in [-0.4, -0.2) is 19.4 Å². The van der Waals surface area contributed by atoms with Gasteiger partial charge in [-0.15, -0.1) is 0 Å². The first-order valence-corrected chi connectivity index (χ1v) is 0. The molecule has 3 N–H and O–H groups in total. The molecule has 0 rings (SSSR count). The van der Waals surface area contributed by atoms with Gasteiger partial charge in [-0.05, 0) is 11.0 Å². The minimum atomic E-state index is 0. The van der Waals surface area contributed by atoms with E-state index in [0.717, 1.165) is 0 Å². The van der Waals surface area contributed by atoms with E-state index in [9.17, 15) is 0 Å². The normalized spacial score (nSPS) is 0. The van der Waals surface area contributed by atoms with Crippen LogP contribution in [0.2, 0.25) is 0 Å². The van der Waals surface area contributed by atoms with Crippen molar-refractivity contribution in [2.75, 3.05) is 0 Å². The van der Waals surface area contributed by atoms with Crippen molar-refractivity contribution >= 4 is 19.4 Å². The maximum Gasteiger partial charge on any atom is 0.0814 e. The van der Waals surface area contributed by atoms with E-state index in [2.05, 4.69) is 0 Å². The van der Waals surface area contributed by atoms with E-state index < -0.39 is 0 Å². The Morgan fingerprint density at radius 2 is 1.00 bits per heavy atom. The first kappa shape index (κ1) is 104. The fraction of sp³-hybridized carbons (Fsp3) is 0.